The van der Waals surface area contributed by atoms with E-state index in [9.17, 15) is 10.1 Å². The molecule has 1 rings (SSSR count). The van der Waals surface area contributed by atoms with Crippen LogP contribution in [0.3, 0.4) is 0 Å². The summed E-state index contributed by atoms with van der Waals surface area (Å²) in [6.07, 6.45) is 7.39. The minimum atomic E-state index is -0.852. The molecule has 0 spiro atoms. The van der Waals surface area contributed by atoms with Crippen molar-refractivity contribution in [1.29, 1.82) is 5.26 Å². The van der Waals surface area contributed by atoms with Crippen LogP contribution >= 0.6 is 0 Å². The highest BCUT2D eigenvalue weighted by molar-refractivity contribution is 5.85. The van der Waals surface area contributed by atoms with Crippen molar-refractivity contribution < 1.29 is 4.79 Å². The van der Waals surface area contributed by atoms with E-state index < -0.39 is 5.41 Å². The van der Waals surface area contributed by atoms with Crippen LogP contribution in [0.1, 0.15) is 46.0 Å². The van der Waals surface area contributed by atoms with Crippen LogP contribution in [0, 0.1) is 16.7 Å². The SMILES string of the molecule is CCCC(C#N)(CCC)C(=O)NCCCn1cccn1. The molecule has 1 aromatic rings. The van der Waals surface area contributed by atoms with Crippen molar-refractivity contribution in [1.82, 2.24) is 15.1 Å². The Morgan fingerprint density at radius 2 is 2.10 bits per heavy atom. The molecule has 0 saturated carbocycles. The third-order valence-corrected chi connectivity index (χ3v) is 3.41. The molecule has 1 amide bonds. The first kappa shape index (κ1) is 16.2. The molecule has 0 bridgehead atoms. The molecular formula is C15H24N4O. The van der Waals surface area contributed by atoms with Crippen LogP contribution in [-0.4, -0.2) is 22.2 Å². The Morgan fingerprint density at radius 1 is 1.40 bits per heavy atom. The Bertz CT molecular complexity index is 427. The Kier molecular flexibility index (Phi) is 6.78. The van der Waals surface area contributed by atoms with Crippen LogP contribution in [0.25, 0.3) is 0 Å². The standard InChI is InChI=1S/C15H24N4O/c1-3-7-15(13-16,8-4-2)14(20)17-9-5-11-19-12-6-10-18-19/h6,10,12H,3-5,7-9,11H2,1-2H3,(H,17,20). The van der Waals surface area contributed by atoms with Crippen molar-refractivity contribution in [3.63, 3.8) is 0 Å². The maximum atomic E-state index is 12.3. The van der Waals surface area contributed by atoms with E-state index in [0.717, 1.165) is 25.8 Å². The largest absolute Gasteiger partial charge is 0.355 e. The molecule has 5 heteroatoms. The molecule has 1 heterocycles. The Balaban J connectivity index is 2.43. The van der Waals surface area contributed by atoms with Gasteiger partial charge < -0.3 is 5.32 Å². The minimum absolute atomic E-state index is 0.121. The minimum Gasteiger partial charge on any atom is -0.355 e. The first-order chi connectivity index (χ1) is 9.68. The van der Waals surface area contributed by atoms with Crippen molar-refractivity contribution in [2.45, 2.75) is 52.5 Å². The molecule has 0 atom stereocenters. The molecular weight excluding hydrogens is 252 g/mol. The summed E-state index contributed by atoms with van der Waals surface area (Å²) in [5, 5.41) is 16.4. The first-order valence-electron chi connectivity index (χ1n) is 7.35. The molecule has 0 radical (unpaired) electrons. The van der Waals surface area contributed by atoms with Crippen molar-refractivity contribution >= 4 is 5.91 Å². The summed E-state index contributed by atoms with van der Waals surface area (Å²) in [5.74, 6) is -0.121. The van der Waals surface area contributed by atoms with Gasteiger partial charge in [0.2, 0.25) is 5.91 Å². The fourth-order valence-electron chi connectivity index (χ4n) is 2.41. The van der Waals surface area contributed by atoms with E-state index in [0.29, 0.717) is 19.4 Å². The Morgan fingerprint density at radius 3 is 2.60 bits per heavy atom. The number of rotatable bonds is 9. The van der Waals surface area contributed by atoms with E-state index >= 15 is 0 Å². The van der Waals surface area contributed by atoms with Crippen LogP contribution in [0.5, 0.6) is 0 Å². The number of aromatic nitrogens is 2. The van der Waals surface area contributed by atoms with Crippen LogP contribution < -0.4 is 5.32 Å². The normalized spacial score (nSPS) is 11.1. The van der Waals surface area contributed by atoms with Gasteiger partial charge >= 0.3 is 0 Å². The second kappa shape index (κ2) is 8.36. The molecule has 0 fully saturated rings. The van der Waals surface area contributed by atoms with Gasteiger partial charge in [-0.25, -0.2) is 0 Å². The quantitative estimate of drug-likeness (QED) is 0.704. The van der Waals surface area contributed by atoms with Gasteiger partial charge in [-0.15, -0.1) is 0 Å². The maximum Gasteiger partial charge on any atom is 0.240 e. The monoisotopic (exact) mass is 276 g/mol. The summed E-state index contributed by atoms with van der Waals surface area (Å²) >= 11 is 0. The number of amides is 1. The van der Waals surface area contributed by atoms with Gasteiger partial charge in [0.15, 0.2) is 0 Å². The summed E-state index contributed by atoms with van der Waals surface area (Å²) in [4.78, 5) is 12.3. The van der Waals surface area contributed by atoms with Crippen LogP contribution in [0.15, 0.2) is 18.5 Å². The lowest BCUT2D eigenvalue weighted by molar-refractivity contribution is -0.128. The molecule has 5 nitrogen and oxygen atoms in total. The molecule has 0 saturated heterocycles. The summed E-state index contributed by atoms with van der Waals surface area (Å²) in [7, 11) is 0. The number of nitriles is 1. The second-order valence-corrected chi connectivity index (χ2v) is 5.07. The van der Waals surface area contributed by atoms with Crippen LogP contribution in [-0.2, 0) is 11.3 Å². The lowest BCUT2D eigenvalue weighted by Crippen LogP contribution is -2.40. The molecule has 1 N–H and O–H groups in total. The number of hydrogen-bond donors (Lipinski definition) is 1. The van der Waals surface area contributed by atoms with Gasteiger partial charge in [-0.1, -0.05) is 26.7 Å². The van der Waals surface area contributed by atoms with Gasteiger partial charge in [-0.05, 0) is 25.3 Å². The Hall–Kier alpha value is -1.83. The number of aryl methyl sites for hydroxylation is 1. The average Bonchev–Trinajstić information content (AvgIpc) is 2.96. The van der Waals surface area contributed by atoms with E-state index in [1.165, 1.54) is 0 Å². The third-order valence-electron chi connectivity index (χ3n) is 3.41. The summed E-state index contributed by atoms with van der Waals surface area (Å²) in [5.41, 5.74) is -0.852. The summed E-state index contributed by atoms with van der Waals surface area (Å²) in [6, 6.07) is 4.12. The number of carbonyl (C=O) groups is 1. The number of hydrogen-bond acceptors (Lipinski definition) is 3. The summed E-state index contributed by atoms with van der Waals surface area (Å²) in [6.45, 7) is 5.36. The highest BCUT2D eigenvalue weighted by Crippen LogP contribution is 2.29. The molecule has 1 aromatic heterocycles. The van der Waals surface area contributed by atoms with Gasteiger partial charge in [0.1, 0.15) is 5.41 Å². The van der Waals surface area contributed by atoms with E-state index in [-0.39, 0.29) is 5.91 Å². The smallest absolute Gasteiger partial charge is 0.240 e. The van der Waals surface area contributed by atoms with Crippen molar-refractivity contribution in [2.75, 3.05) is 6.54 Å². The zero-order chi connectivity index (χ0) is 14.8. The third kappa shape index (κ3) is 4.37. The molecule has 0 unspecified atom stereocenters. The van der Waals surface area contributed by atoms with E-state index in [4.69, 9.17) is 0 Å². The first-order valence-corrected chi connectivity index (χ1v) is 7.35. The molecule has 20 heavy (non-hydrogen) atoms. The number of carbonyl (C=O) groups excluding carboxylic acids is 1. The van der Waals surface area contributed by atoms with E-state index in [1.54, 1.807) is 6.20 Å². The topological polar surface area (TPSA) is 70.7 Å². The Labute approximate surface area is 121 Å². The van der Waals surface area contributed by atoms with Gasteiger partial charge in [0.05, 0.1) is 6.07 Å². The van der Waals surface area contributed by atoms with Gasteiger partial charge in [0, 0.05) is 25.5 Å². The highest BCUT2D eigenvalue weighted by Gasteiger charge is 2.36. The van der Waals surface area contributed by atoms with Gasteiger partial charge in [-0.3, -0.25) is 9.48 Å². The maximum absolute atomic E-state index is 12.3. The lowest BCUT2D eigenvalue weighted by Gasteiger charge is -2.24. The second-order valence-electron chi connectivity index (χ2n) is 5.07. The van der Waals surface area contributed by atoms with E-state index in [2.05, 4.69) is 16.5 Å². The van der Waals surface area contributed by atoms with Crippen LogP contribution in [0.2, 0.25) is 0 Å². The highest BCUT2D eigenvalue weighted by atomic mass is 16.2. The van der Waals surface area contributed by atoms with Gasteiger partial charge in [-0.2, -0.15) is 10.4 Å². The van der Waals surface area contributed by atoms with Gasteiger partial charge in [0.25, 0.3) is 0 Å². The zero-order valence-electron chi connectivity index (χ0n) is 12.4. The number of nitrogens with one attached hydrogen (secondary N) is 1. The zero-order valence-corrected chi connectivity index (χ0v) is 12.4. The van der Waals surface area contributed by atoms with E-state index in [1.807, 2.05) is 30.8 Å². The predicted octanol–water partition coefficient (Wildman–Crippen LogP) is 2.50. The molecule has 0 aliphatic heterocycles. The molecule has 0 aromatic carbocycles. The fourth-order valence-corrected chi connectivity index (χ4v) is 2.41. The number of nitrogens with zero attached hydrogens (tertiary/aromatic N) is 3. The van der Waals surface area contributed by atoms with Crippen molar-refractivity contribution in [3.8, 4) is 6.07 Å². The predicted molar refractivity (Wildman–Crippen MR) is 77.7 cm³/mol. The average molecular weight is 276 g/mol. The molecule has 110 valence electrons. The van der Waals surface area contributed by atoms with Crippen molar-refractivity contribution in [2.24, 2.45) is 5.41 Å². The van der Waals surface area contributed by atoms with Crippen LogP contribution in [0.4, 0.5) is 0 Å². The summed E-state index contributed by atoms with van der Waals surface area (Å²) < 4.78 is 1.84. The molecule has 0 aliphatic rings. The van der Waals surface area contributed by atoms with Crippen molar-refractivity contribution in [3.05, 3.63) is 18.5 Å². The molecule has 0 aliphatic carbocycles. The fraction of sp³-hybridized carbons (Fsp3) is 0.667. The lowest BCUT2D eigenvalue weighted by atomic mass is 9.80.